The minimum atomic E-state index is -0.357. The van der Waals surface area contributed by atoms with E-state index in [1.165, 1.54) is 6.20 Å². The summed E-state index contributed by atoms with van der Waals surface area (Å²) in [6.07, 6.45) is 11.0. The van der Waals surface area contributed by atoms with Gasteiger partial charge in [-0.1, -0.05) is 23.7 Å². The number of rotatable bonds is 4. The predicted molar refractivity (Wildman–Crippen MR) is 104 cm³/mol. The Kier molecular flexibility index (Phi) is 4.86. The third kappa shape index (κ3) is 3.88. The fourth-order valence-corrected chi connectivity index (χ4v) is 2.77. The summed E-state index contributed by atoms with van der Waals surface area (Å²) in [6, 6.07) is 5.89. The Labute approximate surface area is 152 Å². The number of dihydropyridines is 2. The number of pyridine rings is 1. The zero-order valence-electron chi connectivity index (χ0n) is 14.2. The number of aryl methyl sites for hydroxylation is 1. The summed E-state index contributed by atoms with van der Waals surface area (Å²) in [5.74, 6) is 0. The highest BCUT2D eigenvalue weighted by Gasteiger charge is 2.30. The van der Waals surface area contributed by atoms with Crippen LogP contribution in [0.4, 0.5) is 0 Å². The van der Waals surface area contributed by atoms with Crippen molar-refractivity contribution >= 4 is 23.0 Å². The van der Waals surface area contributed by atoms with Crippen LogP contribution in [0.15, 0.2) is 75.7 Å². The largest absolute Gasteiger partial charge is 0.404 e. The molecule has 6 heteroatoms. The van der Waals surface area contributed by atoms with Crippen LogP contribution in [0.5, 0.6) is 0 Å². The Morgan fingerprint density at radius 1 is 1.44 bits per heavy atom. The van der Waals surface area contributed by atoms with Gasteiger partial charge in [0.05, 0.1) is 23.5 Å². The van der Waals surface area contributed by atoms with Crippen molar-refractivity contribution in [3.8, 4) is 0 Å². The predicted octanol–water partition coefficient (Wildman–Crippen LogP) is 3.14. The minimum absolute atomic E-state index is 0.357. The summed E-state index contributed by atoms with van der Waals surface area (Å²) in [7, 11) is 0. The fraction of sp³-hybridized carbons (Fsp3) is 0.211. The summed E-state index contributed by atoms with van der Waals surface area (Å²) in [4.78, 5) is 13.3. The molecular formula is C19H20ClN5. The van der Waals surface area contributed by atoms with Crippen molar-refractivity contribution in [2.75, 3.05) is 0 Å². The molecule has 128 valence electrons. The first kappa shape index (κ1) is 17.2. The van der Waals surface area contributed by atoms with Gasteiger partial charge in [-0.3, -0.25) is 9.98 Å². The summed E-state index contributed by atoms with van der Waals surface area (Å²) < 4.78 is 0. The van der Waals surface area contributed by atoms with Crippen molar-refractivity contribution in [2.45, 2.75) is 25.9 Å². The zero-order chi connectivity index (χ0) is 17.9. The third-order valence-electron chi connectivity index (χ3n) is 4.08. The molecule has 0 bridgehead atoms. The molecule has 0 saturated heterocycles. The standard InChI is InChI=1S/C19H20ClN5/c1-13-4-3-5-16(24-13)12-22-10-15(9-21)14-8-17-19(2,23-11-14)7-6-18(20)25-17/h3-11,23H,12,21H2,1-2H3. The topological polar surface area (TPSA) is 75.7 Å². The van der Waals surface area contributed by atoms with Crippen LogP contribution in [0.2, 0.25) is 0 Å². The lowest BCUT2D eigenvalue weighted by atomic mass is 9.90. The van der Waals surface area contributed by atoms with Crippen LogP contribution < -0.4 is 11.1 Å². The molecule has 25 heavy (non-hydrogen) atoms. The second-order valence-corrected chi connectivity index (χ2v) is 6.49. The van der Waals surface area contributed by atoms with Gasteiger partial charge in [0, 0.05) is 35.5 Å². The number of hydrogen-bond acceptors (Lipinski definition) is 5. The number of aliphatic imine (C=N–C) groups is 2. The van der Waals surface area contributed by atoms with Gasteiger partial charge in [-0.15, -0.1) is 0 Å². The van der Waals surface area contributed by atoms with Gasteiger partial charge in [-0.25, -0.2) is 4.99 Å². The van der Waals surface area contributed by atoms with Crippen LogP contribution in [-0.4, -0.2) is 21.9 Å². The van der Waals surface area contributed by atoms with E-state index in [1.54, 1.807) is 12.3 Å². The lowest BCUT2D eigenvalue weighted by Crippen LogP contribution is -2.42. The molecule has 0 spiro atoms. The fourth-order valence-electron chi connectivity index (χ4n) is 2.62. The van der Waals surface area contributed by atoms with Gasteiger partial charge in [0.2, 0.25) is 0 Å². The van der Waals surface area contributed by atoms with Crippen LogP contribution in [0, 0.1) is 6.92 Å². The number of hydrogen-bond donors (Lipinski definition) is 2. The van der Waals surface area contributed by atoms with E-state index in [0.717, 1.165) is 28.2 Å². The van der Waals surface area contributed by atoms with Crippen molar-refractivity contribution in [3.05, 3.63) is 77.1 Å². The second-order valence-electron chi connectivity index (χ2n) is 6.11. The van der Waals surface area contributed by atoms with Crippen molar-refractivity contribution in [1.82, 2.24) is 10.3 Å². The van der Waals surface area contributed by atoms with Crippen molar-refractivity contribution in [3.63, 3.8) is 0 Å². The first-order valence-electron chi connectivity index (χ1n) is 7.98. The first-order valence-corrected chi connectivity index (χ1v) is 8.36. The monoisotopic (exact) mass is 353 g/mol. The van der Waals surface area contributed by atoms with Gasteiger partial charge in [0.15, 0.2) is 0 Å². The lowest BCUT2D eigenvalue weighted by Gasteiger charge is -2.33. The zero-order valence-corrected chi connectivity index (χ0v) is 15.0. The van der Waals surface area contributed by atoms with Crippen molar-refractivity contribution in [2.24, 2.45) is 15.7 Å². The maximum atomic E-state index is 6.03. The van der Waals surface area contributed by atoms with E-state index < -0.39 is 0 Å². The number of halogens is 1. The quantitative estimate of drug-likeness (QED) is 0.816. The Morgan fingerprint density at radius 3 is 3.04 bits per heavy atom. The SMILES string of the molecule is Cc1cccc(CN=CC(=CN)C2=CNC3(C)C=CC(Cl)=NC3=C2)n1. The maximum absolute atomic E-state index is 6.03. The Morgan fingerprint density at radius 2 is 2.28 bits per heavy atom. The Hall–Kier alpha value is -2.66. The molecule has 1 unspecified atom stereocenters. The van der Waals surface area contributed by atoms with Gasteiger partial charge in [0.1, 0.15) is 5.17 Å². The smallest absolute Gasteiger partial charge is 0.129 e. The molecule has 5 nitrogen and oxygen atoms in total. The molecule has 3 N–H and O–H groups in total. The number of nitrogens with one attached hydrogen (secondary N) is 1. The highest BCUT2D eigenvalue weighted by molar-refractivity contribution is 6.68. The molecule has 0 saturated carbocycles. The molecule has 0 radical (unpaired) electrons. The molecule has 2 aliphatic heterocycles. The molecule has 3 heterocycles. The number of allylic oxidation sites excluding steroid dienone is 4. The normalized spacial score (nSPS) is 22.8. The highest BCUT2D eigenvalue weighted by Crippen LogP contribution is 2.30. The van der Waals surface area contributed by atoms with Gasteiger partial charge < -0.3 is 11.1 Å². The summed E-state index contributed by atoms with van der Waals surface area (Å²) in [6.45, 7) is 4.50. The van der Waals surface area contributed by atoms with Crippen LogP contribution in [0.3, 0.4) is 0 Å². The number of aromatic nitrogens is 1. The molecule has 3 rings (SSSR count). The molecule has 2 aliphatic rings. The maximum Gasteiger partial charge on any atom is 0.129 e. The van der Waals surface area contributed by atoms with E-state index in [-0.39, 0.29) is 5.54 Å². The average molecular weight is 354 g/mol. The number of nitrogens with zero attached hydrogens (tertiary/aromatic N) is 3. The second kappa shape index (κ2) is 7.07. The van der Waals surface area contributed by atoms with E-state index in [9.17, 15) is 0 Å². The molecule has 0 fully saturated rings. The van der Waals surface area contributed by atoms with E-state index >= 15 is 0 Å². The van der Waals surface area contributed by atoms with Crippen LogP contribution in [0.25, 0.3) is 0 Å². The van der Waals surface area contributed by atoms with E-state index in [1.807, 2.05) is 50.4 Å². The molecule has 0 aliphatic carbocycles. The first-order chi connectivity index (χ1) is 12.0. The van der Waals surface area contributed by atoms with Crippen LogP contribution >= 0.6 is 11.6 Å². The van der Waals surface area contributed by atoms with Crippen LogP contribution in [-0.2, 0) is 6.54 Å². The van der Waals surface area contributed by atoms with Gasteiger partial charge in [0.25, 0.3) is 0 Å². The minimum Gasteiger partial charge on any atom is -0.404 e. The summed E-state index contributed by atoms with van der Waals surface area (Å²) in [5.41, 5.74) is 9.88. The van der Waals surface area contributed by atoms with Gasteiger partial charge >= 0.3 is 0 Å². The number of nitrogens with two attached hydrogens (primary N) is 1. The highest BCUT2D eigenvalue weighted by atomic mass is 35.5. The summed E-state index contributed by atoms with van der Waals surface area (Å²) in [5, 5.41) is 3.81. The van der Waals surface area contributed by atoms with Crippen molar-refractivity contribution in [1.29, 1.82) is 0 Å². The third-order valence-corrected chi connectivity index (χ3v) is 4.29. The van der Waals surface area contributed by atoms with E-state index in [4.69, 9.17) is 17.3 Å². The lowest BCUT2D eigenvalue weighted by molar-refractivity contribution is 0.563. The molecule has 1 atom stereocenters. The molecular weight excluding hydrogens is 334 g/mol. The van der Waals surface area contributed by atoms with E-state index in [0.29, 0.717) is 11.7 Å². The van der Waals surface area contributed by atoms with E-state index in [2.05, 4.69) is 20.3 Å². The average Bonchev–Trinajstić information content (AvgIpc) is 2.59. The molecule has 0 amide bonds. The Bertz CT molecular complexity index is 860. The molecule has 1 aromatic heterocycles. The summed E-state index contributed by atoms with van der Waals surface area (Å²) >= 11 is 6.03. The van der Waals surface area contributed by atoms with Crippen molar-refractivity contribution < 1.29 is 0 Å². The Balaban J connectivity index is 1.76. The van der Waals surface area contributed by atoms with Crippen LogP contribution in [0.1, 0.15) is 18.3 Å². The number of fused-ring (bicyclic) bond motifs is 1. The van der Waals surface area contributed by atoms with Gasteiger partial charge in [-0.05, 0) is 38.1 Å². The molecule has 1 aromatic rings. The molecule has 0 aromatic carbocycles. The van der Waals surface area contributed by atoms with Gasteiger partial charge in [-0.2, -0.15) is 0 Å².